The Morgan fingerprint density at radius 1 is 1.35 bits per heavy atom. The van der Waals surface area contributed by atoms with Crippen LogP contribution in [0.5, 0.6) is 0 Å². The van der Waals surface area contributed by atoms with E-state index in [4.69, 9.17) is 5.14 Å². The van der Waals surface area contributed by atoms with E-state index in [-0.39, 0.29) is 16.2 Å². The highest BCUT2D eigenvalue weighted by Gasteiger charge is 2.25. The molecule has 0 aliphatic carbocycles. The van der Waals surface area contributed by atoms with Crippen LogP contribution in [0.3, 0.4) is 0 Å². The Hall–Kier alpha value is -1.38. The minimum atomic E-state index is -3.86. The summed E-state index contributed by atoms with van der Waals surface area (Å²) in [5.74, 6) is -0.0352. The van der Waals surface area contributed by atoms with Crippen LogP contribution in [0.1, 0.15) is 63.6 Å². The quantitative estimate of drug-likeness (QED) is 0.930. The van der Waals surface area contributed by atoms with E-state index in [1.165, 1.54) is 0 Å². The number of nitrogens with zero attached hydrogens (tertiary/aromatic N) is 1. The van der Waals surface area contributed by atoms with Crippen molar-refractivity contribution in [1.82, 2.24) is 0 Å². The zero-order valence-corrected chi connectivity index (χ0v) is 13.5. The van der Waals surface area contributed by atoms with Crippen molar-refractivity contribution in [3.63, 3.8) is 0 Å². The Kier molecular flexibility index (Phi) is 4.62. The summed E-state index contributed by atoms with van der Waals surface area (Å²) in [4.78, 5) is 0.0795. The predicted molar refractivity (Wildman–Crippen MR) is 79.9 cm³/mol. The molecule has 0 saturated heterocycles. The van der Waals surface area contributed by atoms with Crippen LogP contribution in [0.4, 0.5) is 0 Å². The highest BCUT2D eigenvalue weighted by molar-refractivity contribution is 7.89. The highest BCUT2D eigenvalue weighted by Crippen LogP contribution is 2.34. The number of hydrogen-bond donors (Lipinski definition) is 1. The molecule has 0 aromatic heterocycles. The second-order valence-corrected chi connectivity index (χ2v) is 7.68. The lowest BCUT2D eigenvalue weighted by Crippen LogP contribution is -2.20. The number of benzene rings is 1. The lowest BCUT2D eigenvalue weighted by molar-refractivity contribution is 0.579. The molecule has 1 aromatic carbocycles. The van der Waals surface area contributed by atoms with Gasteiger partial charge in [0.15, 0.2) is 0 Å². The molecule has 0 amide bonds. The average Bonchev–Trinajstić information content (AvgIpc) is 2.33. The molecule has 1 aromatic rings. The molecule has 0 heterocycles. The van der Waals surface area contributed by atoms with Crippen LogP contribution in [-0.2, 0) is 15.4 Å². The standard InChI is InChI=1S/C15H22N2O2S/c1-6-10(2)14-11(9-16)7-12(15(3,4)5)8-13(14)20(17,18)19/h7-8,10H,6H2,1-5H3,(H2,17,18,19). The van der Waals surface area contributed by atoms with E-state index < -0.39 is 10.0 Å². The van der Waals surface area contributed by atoms with Gasteiger partial charge >= 0.3 is 0 Å². The van der Waals surface area contributed by atoms with E-state index in [2.05, 4.69) is 6.07 Å². The van der Waals surface area contributed by atoms with Crippen LogP contribution in [0, 0.1) is 11.3 Å². The molecule has 0 radical (unpaired) electrons. The smallest absolute Gasteiger partial charge is 0.225 e. The van der Waals surface area contributed by atoms with Crippen LogP contribution in [0.25, 0.3) is 0 Å². The molecule has 0 aliphatic heterocycles. The van der Waals surface area contributed by atoms with Gasteiger partial charge in [0.2, 0.25) is 10.0 Å². The average molecular weight is 294 g/mol. The molecule has 1 atom stereocenters. The largest absolute Gasteiger partial charge is 0.238 e. The van der Waals surface area contributed by atoms with E-state index >= 15 is 0 Å². The lowest BCUT2D eigenvalue weighted by Gasteiger charge is -2.23. The Morgan fingerprint density at radius 2 is 1.90 bits per heavy atom. The SMILES string of the molecule is CCC(C)c1c(C#N)cc(C(C)(C)C)cc1S(N)(=O)=O. The molecular weight excluding hydrogens is 272 g/mol. The molecule has 0 saturated carbocycles. The predicted octanol–water partition coefficient (Wildman–Crippen LogP) is 3.02. The molecule has 0 bridgehead atoms. The van der Waals surface area contributed by atoms with Gasteiger partial charge in [-0.3, -0.25) is 0 Å². The maximum Gasteiger partial charge on any atom is 0.238 e. The Balaban J connectivity index is 3.81. The van der Waals surface area contributed by atoms with Crippen molar-refractivity contribution < 1.29 is 8.42 Å². The Morgan fingerprint density at radius 3 is 2.25 bits per heavy atom. The van der Waals surface area contributed by atoms with Crippen molar-refractivity contribution in [2.75, 3.05) is 0 Å². The number of nitrogens with two attached hydrogens (primary N) is 1. The maximum absolute atomic E-state index is 11.9. The third kappa shape index (κ3) is 3.38. The first-order valence-corrected chi connectivity index (χ1v) is 8.18. The molecule has 0 aliphatic rings. The third-order valence-corrected chi connectivity index (χ3v) is 4.49. The van der Waals surface area contributed by atoms with Crippen LogP contribution < -0.4 is 5.14 Å². The minimum Gasteiger partial charge on any atom is -0.225 e. The second-order valence-electron chi connectivity index (χ2n) is 6.15. The molecule has 4 nitrogen and oxygen atoms in total. The molecule has 1 unspecified atom stereocenters. The van der Waals surface area contributed by atoms with Crippen molar-refractivity contribution in [2.45, 2.75) is 57.3 Å². The number of sulfonamides is 1. The first kappa shape index (κ1) is 16.7. The summed E-state index contributed by atoms with van der Waals surface area (Å²) in [6.07, 6.45) is 0.742. The normalized spacial score (nSPS) is 13.8. The molecule has 2 N–H and O–H groups in total. The zero-order valence-electron chi connectivity index (χ0n) is 12.7. The molecular formula is C15H22N2O2S. The van der Waals surface area contributed by atoms with Crippen molar-refractivity contribution in [3.8, 4) is 6.07 Å². The Labute approximate surface area is 121 Å². The fraction of sp³-hybridized carbons (Fsp3) is 0.533. The fourth-order valence-electron chi connectivity index (χ4n) is 2.10. The summed E-state index contributed by atoms with van der Waals surface area (Å²) in [5, 5.41) is 14.7. The van der Waals surface area contributed by atoms with Gasteiger partial charge < -0.3 is 0 Å². The number of rotatable bonds is 3. The van der Waals surface area contributed by atoms with Crippen molar-refractivity contribution in [1.29, 1.82) is 5.26 Å². The summed E-state index contributed by atoms with van der Waals surface area (Å²) in [6.45, 7) is 9.77. The van der Waals surface area contributed by atoms with Crippen LogP contribution in [-0.4, -0.2) is 8.42 Å². The Bertz CT molecular complexity index is 650. The molecule has 0 spiro atoms. The summed E-state index contributed by atoms with van der Waals surface area (Å²) < 4.78 is 23.8. The zero-order chi connectivity index (χ0) is 15.7. The summed E-state index contributed by atoms with van der Waals surface area (Å²) in [6, 6.07) is 5.50. The van der Waals surface area contributed by atoms with Crippen molar-refractivity contribution >= 4 is 10.0 Å². The van der Waals surface area contributed by atoms with Gasteiger partial charge in [-0.1, -0.05) is 34.6 Å². The van der Waals surface area contributed by atoms with E-state index in [1.807, 2.05) is 34.6 Å². The van der Waals surface area contributed by atoms with Gasteiger partial charge in [-0.15, -0.1) is 0 Å². The maximum atomic E-state index is 11.9. The van der Waals surface area contributed by atoms with Gasteiger partial charge in [0.1, 0.15) is 0 Å². The van der Waals surface area contributed by atoms with Crippen molar-refractivity contribution in [2.24, 2.45) is 5.14 Å². The highest BCUT2D eigenvalue weighted by atomic mass is 32.2. The van der Waals surface area contributed by atoms with E-state index in [9.17, 15) is 13.7 Å². The first-order valence-electron chi connectivity index (χ1n) is 6.63. The van der Waals surface area contributed by atoms with Gasteiger partial charge in [0.25, 0.3) is 0 Å². The van der Waals surface area contributed by atoms with Gasteiger partial charge in [-0.05, 0) is 41.0 Å². The molecule has 20 heavy (non-hydrogen) atoms. The summed E-state index contributed by atoms with van der Waals surface area (Å²) in [5.41, 5.74) is 1.48. The van der Waals surface area contributed by atoms with E-state index in [1.54, 1.807) is 12.1 Å². The number of primary sulfonamides is 1. The molecule has 1 rings (SSSR count). The van der Waals surface area contributed by atoms with Crippen LogP contribution >= 0.6 is 0 Å². The third-order valence-electron chi connectivity index (χ3n) is 3.54. The molecule has 0 fully saturated rings. The fourth-order valence-corrected chi connectivity index (χ4v) is 3.01. The minimum absolute atomic E-state index is 0.0352. The lowest BCUT2D eigenvalue weighted by atomic mass is 9.83. The van der Waals surface area contributed by atoms with E-state index in [0.717, 1.165) is 12.0 Å². The van der Waals surface area contributed by atoms with Gasteiger partial charge in [0.05, 0.1) is 16.5 Å². The monoisotopic (exact) mass is 294 g/mol. The van der Waals surface area contributed by atoms with Gasteiger partial charge in [-0.25, -0.2) is 13.6 Å². The molecule has 5 heteroatoms. The second kappa shape index (κ2) is 5.55. The van der Waals surface area contributed by atoms with E-state index in [0.29, 0.717) is 11.1 Å². The molecule has 110 valence electrons. The van der Waals surface area contributed by atoms with Gasteiger partial charge in [0, 0.05) is 0 Å². The first-order chi connectivity index (χ1) is 9.02. The van der Waals surface area contributed by atoms with Crippen LogP contribution in [0.15, 0.2) is 17.0 Å². The summed E-state index contributed by atoms with van der Waals surface area (Å²) >= 11 is 0. The summed E-state index contributed by atoms with van der Waals surface area (Å²) in [7, 11) is -3.86. The van der Waals surface area contributed by atoms with Crippen molar-refractivity contribution in [3.05, 3.63) is 28.8 Å². The number of nitriles is 1. The van der Waals surface area contributed by atoms with Gasteiger partial charge in [-0.2, -0.15) is 5.26 Å². The van der Waals surface area contributed by atoms with Crippen LogP contribution in [0.2, 0.25) is 0 Å². The number of hydrogen-bond acceptors (Lipinski definition) is 3. The topological polar surface area (TPSA) is 83.9 Å².